The number of hydrogen-bond acceptors (Lipinski definition) is 13. The number of aromatic nitrogens is 5. The Hall–Kier alpha value is -3.92. The van der Waals surface area contributed by atoms with Gasteiger partial charge in [-0.15, -0.1) is 22.7 Å². The first-order chi connectivity index (χ1) is 33.0. The summed E-state index contributed by atoms with van der Waals surface area (Å²) in [5.74, 6) is -0.0548. The molecule has 8 rings (SSSR count). The zero-order valence-electron chi connectivity index (χ0n) is 37.2. The lowest BCUT2D eigenvalue weighted by Crippen LogP contribution is -2.41. The summed E-state index contributed by atoms with van der Waals surface area (Å²) in [6.45, 7) is 7.45. The number of alkyl halides is 6. The molecule has 28 heteroatoms. The molecular weight excluding hydrogens is 1200 g/mol. The standard InChI is InChI=1S/C23H18BrClF3N5O3S2.C20H21BrClF3N2O4S2/c24-15-8-14(9-16(10-15)38(35,36)23(26,27)28)19-20(25)37-22(31-19)13-3-6-32(7-4-13)18(34)11-33-12-30-17-2-1-5-29-21(17)33;1-19(2,3)31-18(28)27-6-4-11(5-7-27)17-26-15(16(22)32-17)12-8-13(21)10-14(9-12)33(29,30)20(23,24)25/h1-2,5,8-10,12-13H,3-4,6-7,11H2;8-11H,4-7H2,1-3H3. The van der Waals surface area contributed by atoms with Crippen LogP contribution in [0.5, 0.6) is 0 Å². The molecule has 0 saturated carbocycles. The van der Waals surface area contributed by atoms with E-state index in [-0.39, 0.29) is 70.5 Å². The zero-order valence-corrected chi connectivity index (χ0v) is 45.1. The van der Waals surface area contributed by atoms with Crippen LogP contribution in [0.3, 0.4) is 0 Å². The van der Waals surface area contributed by atoms with Crippen molar-refractivity contribution in [1.29, 1.82) is 0 Å². The molecule has 14 nitrogen and oxygen atoms in total. The van der Waals surface area contributed by atoms with E-state index in [9.17, 15) is 52.8 Å². The molecule has 0 radical (unpaired) electrons. The number of benzene rings is 2. The highest BCUT2D eigenvalue weighted by molar-refractivity contribution is 9.10. The molecule has 0 bridgehead atoms. The highest BCUT2D eigenvalue weighted by Gasteiger charge is 2.48. The van der Waals surface area contributed by atoms with Crippen molar-refractivity contribution < 1.29 is 57.5 Å². The summed E-state index contributed by atoms with van der Waals surface area (Å²) >= 11 is 21.3. The maximum atomic E-state index is 13.1. The monoisotopic (exact) mass is 1230 g/mol. The average molecular weight is 1240 g/mol. The Balaban J connectivity index is 0.000000211. The number of carbonyl (C=O) groups is 2. The van der Waals surface area contributed by atoms with Gasteiger partial charge in [-0.05, 0) is 95.0 Å². The fourth-order valence-electron chi connectivity index (χ4n) is 7.59. The minimum absolute atomic E-state index is 0.00317. The Morgan fingerprint density at radius 3 is 1.61 bits per heavy atom. The topological polar surface area (TPSA) is 175 Å². The van der Waals surface area contributed by atoms with Crippen LogP contribution in [-0.2, 0) is 35.8 Å². The minimum atomic E-state index is -5.55. The number of fused-ring (bicyclic) bond motifs is 1. The van der Waals surface area contributed by atoms with Crippen molar-refractivity contribution in [3.05, 3.63) is 88.7 Å². The number of piperidine rings is 2. The minimum Gasteiger partial charge on any atom is -0.444 e. The Bertz CT molecular complexity index is 3210. The maximum Gasteiger partial charge on any atom is 0.501 e. The predicted octanol–water partition coefficient (Wildman–Crippen LogP) is 12.3. The molecular formula is C43H39Br2Cl2F6N7O7S4. The van der Waals surface area contributed by atoms with Crippen LogP contribution in [0.4, 0.5) is 31.1 Å². The molecule has 6 aromatic rings. The van der Waals surface area contributed by atoms with Crippen LogP contribution in [0.25, 0.3) is 33.7 Å². The molecule has 2 aliphatic rings. The van der Waals surface area contributed by atoms with E-state index in [0.29, 0.717) is 73.0 Å². The van der Waals surface area contributed by atoms with Gasteiger partial charge in [0.2, 0.25) is 5.91 Å². The number of sulfone groups is 2. The van der Waals surface area contributed by atoms with Gasteiger partial charge in [0, 0.05) is 64.3 Å². The molecule has 2 aliphatic heterocycles. The van der Waals surface area contributed by atoms with Gasteiger partial charge in [0.15, 0.2) is 5.65 Å². The average Bonchev–Trinajstić information content (AvgIpc) is 4.01. The van der Waals surface area contributed by atoms with Crippen molar-refractivity contribution in [3.63, 3.8) is 0 Å². The zero-order chi connectivity index (χ0) is 52.0. The summed E-state index contributed by atoms with van der Waals surface area (Å²) in [4.78, 5) is 44.4. The van der Waals surface area contributed by atoms with Crippen molar-refractivity contribution in [2.75, 3.05) is 26.2 Å². The van der Waals surface area contributed by atoms with E-state index in [0.717, 1.165) is 24.3 Å². The number of ether oxygens (including phenoxy) is 1. The quantitative estimate of drug-likeness (QED) is 0.133. The van der Waals surface area contributed by atoms with Crippen molar-refractivity contribution in [2.24, 2.45) is 0 Å². The first-order valence-electron chi connectivity index (χ1n) is 21.1. The predicted molar refractivity (Wildman–Crippen MR) is 263 cm³/mol. The third-order valence-corrected chi connectivity index (χ3v) is 17.8. The van der Waals surface area contributed by atoms with Crippen LogP contribution in [0.15, 0.2) is 79.8 Å². The van der Waals surface area contributed by atoms with E-state index in [1.807, 2.05) is 6.07 Å². The van der Waals surface area contributed by atoms with Crippen molar-refractivity contribution in [3.8, 4) is 22.5 Å². The third kappa shape index (κ3) is 12.5. The Kier molecular flexibility index (Phi) is 16.3. The molecule has 2 saturated heterocycles. The lowest BCUT2D eigenvalue weighted by atomic mass is 9.97. The van der Waals surface area contributed by atoms with Crippen molar-refractivity contribution >= 4 is 121 Å². The smallest absolute Gasteiger partial charge is 0.444 e. The molecule has 2 amide bonds. The van der Waals surface area contributed by atoms with E-state index in [2.05, 4.69) is 51.8 Å². The fraction of sp³-hybridized carbons (Fsp3) is 0.395. The van der Waals surface area contributed by atoms with Gasteiger partial charge in [0.1, 0.15) is 37.7 Å². The molecule has 4 aromatic heterocycles. The van der Waals surface area contributed by atoms with Crippen LogP contribution in [-0.4, -0.2) is 106 Å². The van der Waals surface area contributed by atoms with Gasteiger partial charge in [-0.2, -0.15) is 26.3 Å². The normalized spacial score (nSPS) is 15.7. The van der Waals surface area contributed by atoms with Crippen molar-refractivity contribution in [2.45, 2.75) is 91.2 Å². The van der Waals surface area contributed by atoms with Gasteiger partial charge >= 0.3 is 17.1 Å². The Morgan fingerprint density at radius 2 is 1.17 bits per heavy atom. The number of likely N-dealkylation sites (tertiary alicyclic amines) is 2. The number of hydrogen-bond donors (Lipinski definition) is 0. The molecule has 6 heterocycles. The summed E-state index contributed by atoms with van der Waals surface area (Å²) in [7, 11) is -11.1. The van der Waals surface area contributed by atoms with Crippen LogP contribution < -0.4 is 0 Å². The van der Waals surface area contributed by atoms with E-state index in [1.165, 1.54) is 34.8 Å². The number of nitrogens with zero attached hydrogens (tertiary/aromatic N) is 7. The summed E-state index contributed by atoms with van der Waals surface area (Å²) in [5.41, 5.74) is -9.36. The maximum absolute atomic E-state index is 13.1. The Labute approximate surface area is 437 Å². The number of imidazole rings is 1. The lowest BCUT2D eigenvalue weighted by Gasteiger charge is -2.32. The van der Waals surface area contributed by atoms with Crippen LogP contribution in [0, 0.1) is 0 Å². The second-order valence-corrected chi connectivity index (χ2v) is 26.2. The molecule has 0 N–H and O–H groups in total. The number of rotatable bonds is 8. The molecule has 0 aliphatic carbocycles. The molecule has 2 aromatic carbocycles. The van der Waals surface area contributed by atoms with Gasteiger partial charge in [0.25, 0.3) is 19.7 Å². The number of pyridine rings is 1. The summed E-state index contributed by atoms with van der Waals surface area (Å²) in [6.07, 6.45) is 5.35. The summed E-state index contributed by atoms with van der Waals surface area (Å²) < 4.78 is 134. The number of thiazole rings is 2. The second kappa shape index (κ2) is 21.1. The molecule has 0 spiro atoms. The van der Waals surface area contributed by atoms with E-state index >= 15 is 0 Å². The van der Waals surface area contributed by atoms with E-state index < -0.39 is 46.1 Å². The molecule has 382 valence electrons. The van der Waals surface area contributed by atoms with Crippen LogP contribution in [0.2, 0.25) is 8.67 Å². The molecule has 2 fully saturated rings. The fourth-order valence-corrected chi connectivity index (χ4v) is 13.3. The molecule has 0 unspecified atom stereocenters. The lowest BCUT2D eigenvalue weighted by molar-refractivity contribution is -0.132. The SMILES string of the molecule is CC(C)(C)OC(=O)N1CCC(c2nc(-c3cc(Br)cc(S(=O)(=O)C(F)(F)F)c3)c(Cl)s2)CC1.O=C(Cn1cnc2cccnc21)N1CCC(c2nc(-c3cc(Br)cc(S(=O)(=O)C(F)(F)F)c3)c(Cl)s2)CC1. The van der Waals surface area contributed by atoms with Crippen LogP contribution >= 0.6 is 77.7 Å². The number of halogens is 10. The van der Waals surface area contributed by atoms with Gasteiger partial charge in [-0.3, -0.25) is 4.79 Å². The molecule has 71 heavy (non-hydrogen) atoms. The number of amides is 2. The number of carbonyl (C=O) groups excluding carboxylic acids is 2. The highest BCUT2D eigenvalue weighted by atomic mass is 79.9. The van der Waals surface area contributed by atoms with Crippen LogP contribution in [0.1, 0.15) is 68.3 Å². The van der Waals surface area contributed by atoms with Gasteiger partial charge in [0.05, 0.1) is 26.1 Å². The van der Waals surface area contributed by atoms with E-state index in [1.54, 1.807) is 53.7 Å². The second-order valence-electron chi connectivity index (χ2n) is 17.2. The van der Waals surface area contributed by atoms with Gasteiger partial charge in [-0.25, -0.2) is 41.6 Å². The Morgan fingerprint density at radius 1 is 0.718 bits per heavy atom. The summed E-state index contributed by atoms with van der Waals surface area (Å²) in [5, 5.41) is 1.36. The third-order valence-electron chi connectivity index (χ3n) is 11.1. The molecule has 0 atom stereocenters. The highest BCUT2D eigenvalue weighted by Crippen LogP contribution is 2.43. The largest absolute Gasteiger partial charge is 0.501 e. The van der Waals surface area contributed by atoms with Gasteiger partial charge < -0.3 is 19.1 Å². The van der Waals surface area contributed by atoms with E-state index in [4.69, 9.17) is 27.9 Å². The first-order valence-corrected chi connectivity index (χ1v) is 28.0. The van der Waals surface area contributed by atoms with Crippen molar-refractivity contribution in [1.82, 2.24) is 34.3 Å². The first kappa shape index (κ1) is 54.8. The summed E-state index contributed by atoms with van der Waals surface area (Å²) in [6, 6.07) is 10.2. The van der Waals surface area contributed by atoms with Gasteiger partial charge in [-0.1, -0.05) is 55.1 Å².